The molecule has 1 N–H and O–H groups in total. The maximum atomic E-state index is 10.2. The highest BCUT2D eigenvalue weighted by atomic mass is 16.3. The molecule has 112 valence electrons. The molecule has 0 amide bonds. The van der Waals surface area contributed by atoms with E-state index in [1.165, 1.54) is 51.6 Å². The molecular formula is C17H33NO. The van der Waals surface area contributed by atoms with Gasteiger partial charge in [-0.3, -0.25) is 0 Å². The Morgan fingerprint density at radius 2 is 1.63 bits per heavy atom. The zero-order valence-corrected chi connectivity index (χ0v) is 13.2. The highest BCUT2D eigenvalue weighted by molar-refractivity contribution is 4.82. The summed E-state index contributed by atoms with van der Waals surface area (Å²) in [5, 5.41) is 10.2. The lowest BCUT2D eigenvalue weighted by Gasteiger charge is -2.39. The van der Waals surface area contributed by atoms with Crippen molar-refractivity contribution in [1.82, 2.24) is 4.90 Å². The van der Waals surface area contributed by atoms with E-state index in [1.807, 2.05) is 0 Å². The Morgan fingerprint density at radius 3 is 2.16 bits per heavy atom. The summed E-state index contributed by atoms with van der Waals surface area (Å²) in [5.74, 6) is 1.66. The van der Waals surface area contributed by atoms with E-state index in [1.54, 1.807) is 0 Å². The predicted octanol–water partition coefficient (Wildman–Crippen LogP) is 3.69. The van der Waals surface area contributed by atoms with Crippen LogP contribution in [0.1, 0.15) is 65.7 Å². The molecule has 1 heterocycles. The van der Waals surface area contributed by atoms with Gasteiger partial charge in [-0.05, 0) is 49.6 Å². The summed E-state index contributed by atoms with van der Waals surface area (Å²) in [5.41, 5.74) is 0.453. The molecule has 2 aliphatic rings. The van der Waals surface area contributed by atoms with E-state index in [0.29, 0.717) is 5.41 Å². The van der Waals surface area contributed by atoms with Gasteiger partial charge in [-0.1, -0.05) is 46.5 Å². The van der Waals surface area contributed by atoms with Gasteiger partial charge in [0.15, 0.2) is 0 Å². The Bertz CT molecular complexity index is 257. The third-order valence-corrected chi connectivity index (χ3v) is 5.36. The van der Waals surface area contributed by atoms with Gasteiger partial charge in [0.25, 0.3) is 0 Å². The lowest BCUT2D eigenvalue weighted by molar-refractivity contribution is 0.0550. The fourth-order valence-corrected chi connectivity index (χ4v) is 3.98. The van der Waals surface area contributed by atoms with Crippen LogP contribution in [-0.2, 0) is 0 Å². The number of aliphatic hydroxyl groups excluding tert-OH is 1. The van der Waals surface area contributed by atoms with E-state index < -0.39 is 0 Å². The third-order valence-electron chi connectivity index (χ3n) is 5.36. The van der Waals surface area contributed by atoms with Crippen LogP contribution in [0.3, 0.4) is 0 Å². The molecular weight excluding hydrogens is 234 g/mol. The molecule has 1 saturated heterocycles. The second-order valence-corrected chi connectivity index (χ2v) is 7.98. The summed E-state index contributed by atoms with van der Waals surface area (Å²) in [6.45, 7) is 10.4. The van der Waals surface area contributed by atoms with E-state index in [4.69, 9.17) is 0 Å². The van der Waals surface area contributed by atoms with Gasteiger partial charge in [0.2, 0.25) is 0 Å². The molecule has 2 nitrogen and oxygen atoms in total. The van der Waals surface area contributed by atoms with Crippen LogP contribution in [0.4, 0.5) is 0 Å². The molecule has 19 heavy (non-hydrogen) atoms. The number of hydrogen-bond acceptors (Lipinski definition) is 2. The number of nitrogens with zero attached hydrogens (tertiary/aromatic N) is 1. The van der Waals surface area contributed by atoms with E-state index in [2.05, 4.69) is 25.7 Å². The normalized spacial score (nSPS) is 25.9. The second kappa shape index (κ2) is 6.58. The van der Waals surface area contributed by atoms with Crippen molar-refractivity contribution in [3.8, 4) is 0 Å². The average molecular weight is 267 g/mol. The standard InChI is InChI=1S/C17H33NO/c1-17(2,3)15-8-10-18(11-9-15)13-16(19)12-14-6-4-5-7-14/h14-16,19H,4-13H2,1-3H3. The molecule has 2 heteroatoms. The van der Waals surface area contributed by atoms with Crippen LogP contribution in [0.2, 0.25) is 0 Å². The summed E-state index contributed by atoms with van der Waals surface area (Å²) < 4.78 is 0. The van der Waals surface area contributed by atoms with Gasteiger partial charge < -0.3 is 10.0 Å². The van der Waals surface area contributed by atoms with Gasteiger partial charge in [-0.25, -0.2) is 0 Å². The molecule has 2 fully saturated rings. The summed E-state index contributed by atoms with van der Waals surface area (Å²) >= 11 is 0. The quantitative estimate of drug-likeness (QED) is 0.840. The number of β-amino-alcohol motifs (C(OH)–C–C–N with tert-alkyl or cyclic N) is 1. The van der Waals surface area contributed by atoms with Gasteiger partial charge in [0, 0.05) is 6.54 Å². The Morgan fingerprint density at radius 1 is 1.05 bits per heavy atom. The minimum absolute atomic E-state index is 0.0886. The van der Waals surface area contributed by atoms with Crippen molar-refractivity contribution in [2.24, 2.45) is 17.3 Å². The molecule has 0 aromatic carbocycles. The number of piperidine rings is 1. The largest absolute Gasteiger partial charge is 0.392 e. The van der Waals surface area contributed by atoms with Gasteiger partial charge in [-0.2, -0.15) is 0 Å². The van der Waals surface area contributed by atoms with Crippen LogP contribution in [0.15, 0.2) is 0 Å². The topological polar surface area (TPSA) is 23.5 Å². The minimum Gasteiger partial charge on any atom is -0.392 e. The van der Waals surface area contributed by atoms with E-state index in [-0.39, 0.29) is 6.10 Å². The van der Waals surface area contributed by atoms with Crippen LogP contribution in [-0.4, -0.2) is 35.7 Å². The molecule has 1 aliphatic heterocycles. The summed E-state index contributed by atoms with van der Waals surface area (Å²) in [7, 11) is 0. The number of aliphatic hydroxyl groups is 1. The molecule has 0 aromatic heterocycles. The van der Waals surface area contributed by atoms with Crippen LogP contribution < -0.4 is 0 Å². The third kappa shape index (κ3) is 4.75. The van der Waals surface area contributed by atoms with E-state index in [9.17, 15) is 5.11 Å². The van der Waals surface area contributed by atoms with Crippen LogP contribution >= 0.6 is 0 Å². The molecule has 0 spiro atoms. The Hall–Kier alpha value is -0.0800. The van der Waals surface area contributed by atoms with Crippen molar-refractivity contribution < 1.29 is 5.11 Å². The molecule has 0 aromatic rings. The summed E-state index contributed by atoms with van der Waals surface area (Å²) in [4.78, 5) is 2.49. The number of likely N-dealkylation sites (tertiary alicyclic amines) is 1. The van der Waals surface area contributed by atoms with Crippen LogP contribution in [0.5, 0.6) is 0 Å². The first kappa shape index (κ1) is 15.3. The lowest BCUT2D eigenvalue weighted by Crippen LogP contribution is -2.41. The monoisotopic (exact) mass is 267 g/mol. The predicted molar refractivity (Wildman–Crippen MR) is 81.2 cm³/mol. The minimum atomic E-state index is -0.0886. The molecule has 1 unspecified atom stereocenters. The van der Waals surface area contributed by atoms with Crippen molar-refractivity contribution in [3.05, 3.63) is 0 Å². The number of hydrogen-bond donors (Lipinski definition) is 1. The van der Waals surface area contributed by atoms with E-state index >= 15 is 0 Å². The second-order valence-electron chi connectivity index (χ2n) is 7.98. The highest BCUT2D eigenvalue weighted by Gasteiger charge is 2.29. The lowest BCUT2D eigenvalue weighted by atomic mass is 9.75. The first-order chi connectivity index (χ1) is 8.95. The Labute approximate surface area is 119 Å². The maximum absolute atomic E-state index is 10.2. The molecule has 1 atom stereocenters. The fraction of sp³-hybridized carbons (Fsp3) is 1.00. The average Bonchev–Trinajstić information content (AvgIpc) is 2.81. The zero-order valence-electron chi connectivity index (χ0n) is 13.2. The summed E-state index contributed by atoms with van der Waals surface area (Å²) in [6.07, 6.45) is 9.03. The molecule has 0 radical (unpaired) electrons. The zero-order chi connectivity index (χ0) is 13.9. The van der Waals surface area contributed by atoms with Crippen molar-refractivity contribution in [2.45, 2.75) is 71.8 Å². The van der Waals surface area contributed by atoms with Crippen LogP contribution in [0, 0.1) is 17.3 Å². The van der Waals surface area contributed by atoms with Crippen molar-refractivity contribution >= 4 is 0 Å². The van der Waals surface area contributed by atoms with Gasteiger partial charge >= 0.3 is 0 Å². The van der Waals surface area contributed by atoms with Gasteiger partial charge in [-0.15, -0.1) is 0 Å². The first-order valence-corrected chi connectivity index (χ1v) is 8.35. The van der Waals surface area contributed by atoms with Crippen molar-refractivity contribution in [3.63, 3.8) is 0 Å². The molecule has 0 bridgehead atoms. The highest BCUT2D eigenvalue weighted by Crippen LogP contribution is 2.34. The smallest absolute Gasteiger partial charge is 0.0669 e. The van der Waals surface area contributed by atoms with Crippen molar-refractivity contribution in [1.29, 1.82) is 0 Å². The first-order valence-electron chi connectivity index (χ1n) is 8.35. The maximum Gasteiger partial charge on any atom is 0.0669 e. The fourth-order valence-electron chi connectivity index (χ4n) is 3.98. The van der Waals surface area contributed by atoms with Crippen molar-refractivity contribution in [2.75, 3.05) is 19.6 Å². The Kier molecular flexibility index (Phi) is 5.30. The molecule has 1 saturated carbocycles. The molecule has 2 rings (SSSR count). The van der Waals surface area contributed by atoms with Crippen LogP contribution in [0.25, 0.3) is 0 Å². The Balaban J connectivity index is 1.67. The van der Waals surface area contributed by atoms with Gasteiger partial charge in [0.1, 0.15) is 0 Å². The van der Waals surface area contributed by atoms with E-state index in [0.717, 1.165) is 24.8 Å². The molecule has 1 aliphatic carbocycles. The summed E-state index contributed by atoms with van der Waals surface area (Å²) in [6, 6.07) is 0. The number of rotatable bonds is 4. The van der Waals surface area contributed by atoms with Gasteiger partial charge in [0.05, 0.1) is 6.10 Å². The SMILES string of the molecule is CC(C)(C)C1CCN(CC(O)CC2CCCC2)CC1.